The molecule has 2 aromatic heterocycles. The average molecular weight is 435 g/mol. The number of thioether (sulfide) groups is 2. The van der Waals surface area contributed by atoms with Gasteiger partial charge in [-0.2, -0.15) is 4.98 Å². The van der Waals surface area contributed by atoms with E-state index in [0.29, 0.717) is 11.8 Å². The third-order valence-corrected chi connectivity index (χ3v) is 7.43. The van der Waals surface area contributed by atoms with Crippen LogP contribution < -0.4 is 0 Å². The van der Waals surface area contributed by atoms with Gasteiger partial charge in [0.15, 0.2) is 14.5 Å². The predicted octanol–water partition coefficient (Wildman–Crippen LogP) is 6.49. The normalized spacial score (nSPS) is 13.2. The van der Waals surface area contributed by atoms with Crippen molar-refractivity contribution in [2.75, 3.05) is 0 Å². The first-order valence-electron chi connectivity index (χ1n) is 9.28. The molecule has 0 fully saturated rings. The van der Waals surface area contributed by atoms with Crippen molar-refractivity contribution in [1.29, 1.82) is 0 Å². The van der Waals surface area contributed by atoms with E-state index in [1.165, 1.54) is 11.1 Å². The van der Waals surface area contributed by atoms with Gasteiger partial charge in [0.05, 0.1) is 5.25 Å². The molecular weight excluding hydrogens is 408 g/mol. The molecule has 3 rings (SSSR count). The van der Waals surface area contributed by atoms with Crippen LogP contribution in [0.25, 0.3) is 0 Å². The van der Waals surface area contributed by atoms with E-state index in [-0.39, 0.29) is 10.7 Å². The van der Waals surface area contributed by atoms with E-state index in [1.807, 2.05) is 0 Å². The maximum Gasteiger partial charge on any atom is 0.239 e. The van der Waals surface area contributed by atoms with Gasteiger partial charge in [0, 0.05) is 11.2 Å². The van der Waals surface area contributed by atoms with E-state index in [4.69, 9.17) is 4.52 Å². The lowest BCUT2D eigenvalue weighted by molar-refractivity contribution is 0.364. The Morgan fingerprint density at radius 1 is 1.04 bits per heavy atom. The molecule has 8 heteroatoms. The Balaban J connectivity index is 1.55. The van der Waals surface area contributed by atoms with E-state index in [9.17, 15) is 0 Å². The fourth-order valence-electron chi connectivity index (χ4n) is 2.35. The van der Waals surface area contributed by atoms with Crippen molar-refractivity contribution in [3.05, 3.63) is 47.1 Å². The first kappa shape index (κ1) is 21.3. The molecule has 0 saturated carbocycles. The van der Waals surface area contributed by atoms with Crippen LogP contribution >= 0.6 is 34.9 Å². The standard InChI is InChI=1S/C20H26N4OS3/c1-12(2)15-9-7-14(8-10-15)11-26-18-22-23-19(28-18)27-13(3)16-21-17(24-25-16)20(4,5)6/h7-10,12-13H,11H2,1-6H3. The van der Waals surface area contributed by atoms with Gasteiger partial charge in [0.25, 0.3) is 0 Å². The van der Waals surface area contributed by atoms with E-state index >= 15 is 0 Å². The molecule has 5 nitrogen and oxygen atoms in total. The Labute approximate surface area is 179 Å². The monoisotopic (exact) mass is 434 g/mol. The highest BCUT2D eigenvalue weighted by atomic mass is 32.2. The molecule has 0 radical (unpaired) electrons. The highest BCUT2D eigenvalue weighted by Gasteiger charge is 2.24. The lowest BCUT2D eigenvalue weighted by Crippen LogP contribution is -2.13. The van der Waals surface area contributed by atoms with Crippen LogP contribution in [0.4, 0.5) is 0 Å². The molecule has 28 heavy (non-hydrogen) atoms. The van der Waals surface area contributed by atoms with Crippen molar-refractivity contribution in [2.24, 2.45) is 0 Å². The molecule has 0 aliphatic heterocycles. The van der Waals surface area contributed by atoms with Gasteiger partial charge in [-0.15, -0.1) is 10.2 Å². The first-order chi connectivity index (χ1) is 13.2. The van der Waals surface area contributed by atoms with Gasteiger partial charge in [-0.1, -0.05) is 98.9 Å². The zero-order chi connectivity index (χ0) is 20.3. The Morgan fingerprint density at radius 2 is 1.71 bits per heavy atom. The molecule has 0 aliphatic carbocycles. The molecule has 2 heterocycles. The minimum atomic E-state index is -0.119. The summed E-state index contributed by atoms with van der Waals surface area (Å²) in [5, 5.41) is 12.8. The second-order valence-electron chi connectivity index (χ2n) is 7.99. The highest BCUT2D eigenvalue weighted by molar-refractivity contribution is 8.03. The molecule has 0 amide bonds. The van der Waals surface area contributed by atoms with E-state index in [1.54, 1.807) is 34.9 Å². The zero-order valence-corrected chi connectivity index (χ0v) is 19.5. The van der Waals surface area contributed by atoms with Crippen molar-refractivity contribution in [2.45, 2.75) is 72.6 Å². The van der Waals surface area contributed by atoms with Crippen molar-refractivity contribution in [1.82, 2.24) is 20.3 Å². The van der Waals surface area contributed by atoms with Gasteiger partial charge in [-0.25, -0.2) is 0 Å². The summed E-state index contributed by atoms with van der Waals surface area (Å²) in [5.74, 6) is 2.81. The molecule has 3 aromatic rings. The fraction of sp³-hybridized carbons (Fsp3) is 0.500. The second kappa shape index (κ2) is 8.97. The van der Waals surface area contributed by atoms with Crippen LogP contribution in [0.1, 0.15) is 75.6 Å². The summed E-state index contributed by atoms with van der Waals surface area (Å²) in [6, 6.07) is 8.81. The molecule has 0 bridgehead atoms. The van der Waals surface area contributed by atoms with Crippen molar-refractivity contribution < 1.29 is 4.52 Å². The molecule has 1 atom stereocenters. The second-order valence-corrected chi connectivity index (χ2v) is 11.8. The summed E-state index contributed by atoms with van der Waals surface area (Å²) in [6.07, 6.45) is 0. The zero-order valence-electron chi connectivity index (χ0n) is 17.1. The molecule has 1 aromatic carbocycles. The van der Waals surface area contributed by atoms with Gasteiger partial charge >= 0.3 is 0 Å². The number of benzene rings is 1. The van der Waals surface area contributed by atoms with Gasteiger partial charge < -0.3 is 4.52 Å². The lowest BCUT2D eigenvalue weighted by Gasteiger charge is -2.11. The van der Waals surface area contributed by atoms with Crippen molar-refractivity contribution in [3.8, 4) is 0 Å². The summed E-state index contributed by atoms with van der Waals surface area (Å²) in [6.45, 7) is 12.7. The smallest absolute Gasteiger partial charge is 0.239 e. The Morgan fingerprint density at radius 3 is 2.32 bits per heavy atom. The van der Waals surface area contributed by atoms with Gasteiger partial charge in [0.2, 0.25) is 5.89 Å². The summed E-state index contributed by atoms with van der Waals surface area (Å²) in [4.78, 5) is 4.53. The number of rotatable bonds is 7. The number of nitrogens with zero attached hydrogens (tertiary/aromatic N) is 4. The van der Waals surface area contributed by atoms with Crippen LogP contribution in [0.15, 0.2) is 37.5 Å². The van der Waals surface area contributed by atoms with E-state index < -0.39 is 0 Å². The molecule has 0 aliphatic rings. The first-order valence-corrected chi connectivity index (χ1v) is 12.0. The Hall–Kier alpha value is -1.38. The largest absolute Gasteiger partial charge is 0.338 e. The van der Waals surface area contributed by atoms with E-state index in [0.717, 1.165) is 20.3 Å². The molecule has 0 spiro atoms. The van der Waals surface area contributed by atoms with Crippen molar-refractivity contribution in [3.63, 3.8) is 0 Å². The summed E-state index contributed by atoms with van der Waals surface area (Å²) < 4.78 is 7.33. The van der Waals surface area contributed by atoms with Gasteiger partial charge in [-0.05, 0) is 24.0 Å². The molecule has 150 valence electrons. The Kier molecular flexibility index (Phi) is 6.83. The average Bonchev–Trinajstić information content (AvgIpc) is 3.29. The minimum Gasteiger partial charge on any atom is -0.338 e. The predicted molar refractivity (Wildman–Crippen MR) is 117 cm³/mol. The van der Waals surface area contributed by atoms with Crippen LogP contribution in [0, 0.1) is 0 Å². The van der Waals surface area contributed by atoms with Crippen LogP contribution in [-0.2, 0) is 11.2 Å². The molecule has 1 unspecified atom stereocenters. The SMILES string of the molecule is CC(C)c1ccc(CSc2nnc(SC(C)c3nc(C(C)(C)C)no3)s2)cc1. The summed E-state index contributed by atoms with van der Waals surface area (Å²) in [5.41, 5.74) is 2.55. The lowest BCUT2D eigenvalue weighted by atomic mass is 9.96. The van der Waals surface area contributed by atoms with Crippen LogP contribution in [-0.4, -0.2) is 20.3 Å². The summed E-state index contributed by atoms with van der Waals surface area (Å²) >= 11 is 4.93. The maximum absolute atomic E-state index is 5.43. The van der Waals surface area contributed by atoms with Gasteiger partial charge in [-0.3, -0.25) is 0 Å². The maximum atomic E-state index is 5.43. The molecule has 0 saturated heterocycles. The van der Waals surface area contributed by atoms with Gasteiger partial charge in [0.1, 0.15) is 0 Å². The van der Waals surface area contributed by atoms with E-state index in [2.05, 4.69) is 86.1 Å². The quantitative estimate of drug-likeness (QED) is 0.394. The molecule has 0 N–H and O–H groups in total. The number of aromatic nitrogens is 4. The topological polar surface area (TPSA) is 64.7 Å². The Bertz CT molecular complexity index is 897. The number of hydrogen-bond donors (Lipinski definition) is 0. The summed E-state index contributed by atoms with van der Waals surface area (Å²) in [7, 11) is 0. The molecular formula is C20H26N4OS3. The third kappa shape index (κ3) is 5.58. The van der Waals surface area contributed by atoms with Crippen molar-refractivity contribution >= 4 is 34.9 Å². The third-order valence-electron chi connectivity index (χ3n) is 4.13. The minimum absolute atomic E-state index is 0.0398. The van der Waals surface area contributed by atoms with Crippen LogP contribution in [0.2, 0.25) is 0 Å². The fourth-order valence-corrected chi connectivity index (χ4v) is 5.50. The van der Waals surface area contributed by atoms with Crippen LogP contribution in [0.5, 0.6) is 0 Å². The highest BCUT2D eigenvalue weighted by Crippen LogP contribution is 2.38. The number of hydrogen-bond acceptors (Lipinski definition) is 8. The van der Waals surface area contributed by atoms with Crippen LogP contribution in [0.3, 0.4) is 0 Å².